The Balaban J connectivity index is 1.49. The van der Waals surface area contributed by atoms with E-state index < -0.39 is 0 Å². The molecule has 1 atom stereocenters. The fourth-order valence-electron chi connectivity index (χ4n) is 3.43. The van der Waals surface area contributed by atoms with Crippen molar-refractivity contribution in [1.29, 1.82) is 0 Å². The Morgan fingerprint density at radius 3 is 2.39 bits per heavy atom. The molecule has 1 saturated heterocycles. The van der Waals surface area contributed by atoms with Crippen LogP contribution in [-0.4, -0.2) is 29.8 Å². The van der Waals surface area contributed by atoms with Crippen LogP contribution >= 0.6 is 15.9 Å². The smallest absolute Gasteiger partial charge is 0.246 e. The average molecular weight is 441 g/mol. The van der Waals surface area contributed by atoms with Gasteiger partial charge in [0.2, 0.25) is 11.8 Å². The molecule has 1 aliphatic rings. The lowest BCUT2D eigenvalue weighted by atomic mass is 9.95. The monoisotopic (exact) mass is 440 g/mol. The normalized spacial score (nSPS) is 16.1. The van der Waals surface area contributed by atoms with Crippen molar-refractivity contribution in [2.45, 2.75) is 25.8 Å². The van der Waals surface area contributed by atoms with E-state index >= 15 is 0 Å². The fraction of sp³-hybridized carbons (Fsp3) is 0.304. The molecule has 0 spiro atoms. The molecule has 28 heavy (non-hydrogen) atoms. The van der Waals surface area contributed by atoms with Crippen LogP contribution in [0.3, 0.4) is 0 Å². The highest BCUT2D eigenvalue weighted by atomic mass is 79.9. The maximum atomic E-state index is 12.6. The molecule has 4 nitrogen and oxygen atoms in total. The average Bonchev–Trinajstić information content (AvgIpc) is 2.73. The molecule has 1 unspecified atom stereocenters. The summed E-state index contributed by atoms with van der Waals surface area (Å²) in [5, 5.41) is 3.11. The zero-order valence-corrected chi connectivity index (χ0v) is 17.6. The van der Waals surface area contributed by atoms with Crippen LogP contribution in [0.4, 0.5) is 0 Å². The van der Waals surface area contributed by atoms with Crippen LogP contribution in [-0.2, 0) is 9.59 Å². The summed E-state index contributed by atoms with van der Waals surface area (Å²) in [5.41, 5.74) is 2.07. The van der Waals surface area contributed by atoms with Crippen LogP contribution in [0.15, 0.2) is 65.1 Å². The summed E-state index contributed by atoms with van der Waals surface area (Å²) in [6, 6.07) is 17.6. The van der Waals surface area contributed by atoms with Crippen molar-refractivity contribution in [1.82, 2.24) is 10.2 Å². The predicted molar refractivity (Wildman–Crippen MR) is 115 cm³/mol. The molecule has 0 aliphatic carbocycles. The van der Waals surface area contributed by atoms with Crippen molar-refractivity contribution in [3.8, 4) is 0 Å². The second-order valence-corrected chi connectivity index (χ2v) is 7.95. The number of rotatable bonds is 5. The minimum Gasteiger partial charge on any atom is -0.349 e. The van der Waals surface area contributed by atoms with Crippen molar-refractivity contribution in [2.24, 2.45) is 5.92 Å². The maximum Gasteiger partial charge on any atom is 0.246 e. The molecule has 2 amide bonds. The summed E-state index contributed by atoms with van der Waals surface area (Å²) >= 11 is 3.54. The van der Waals surface area contributed by atoms with Gasteiger partial charge in [-0.1, -0.05) is 64.5 Å². The van der Waals surface area contributed by atoms with Gasteiger partial charge in [0.05, 0.1) is 6.04 Å². The van der Waals surface area contributed by atoms with Crippen LogP contribution in [0, 0.1) is 5.92 Å². The van der Waals surface area contributed by atoms with Crippen molar-refractivity contribution in [3.63, 3.8) is 0 Å². The zero-order chi connectivity index (χ0) is 19.9. The standard InChI is InChI=1S/C23H25BrN2O2/c1-17(20-9-5-6-10-21(20)24)25-23(28)19-13-15-26(16-14-19)22(27)12-11-18-7-3-2-4-8-18/h2-12,17,19H,13-16H2,1H3,(H,25,28)/b12-11+. The van der Waals surface area contributed by atoms with Gasteiger partial charge in [-0.2, -0.15) is 0 Å². The first-order chi connectivity index (χ1) is 13.5. The van der Waals surface area contributed by atoms with Gasteiger partial charge in [-0.05, 0) is 43.0 Å². The number of carbonyl (C=O) groups is 2. The van der Waals surface area contributed by atoms with Crippen molar-refractivity contribution < 1.29 is 9.59 Å². The number of amides is 2. The summed E-state index contributed by atoms with van der Waals surface area (Å²) in [5.74, 6) is 0.0200. The molecule has 3 rings (SSSR count). The molecular formula is C23H25BrN2O2. The van der Waals surface area contributed by atoms with Gasteiger partial charge >= 0.3 is 0 Å². The molecule has 5 heteroatoms. The number of benzene rings is 2. The summed E-state index contributed by atoms with van der Waals surface area (Å²) in [6.07, 6.45) is 4.84. The first kappa shape index (κ1) is 20.3. The van der Waals surface area contributed by atoms with Gasteiger partial charge in [-0.3, -0.25) is 9.59 Å². The Morgan fingerprint density at radius 1 is 1.07 bits per heavy atom. The van der Waals surface area contributed by atoms with Crippen LogP contribution < -0.4 is 5.32 Å². The summed E-state index contributed by atoms with van der Waals surface area (Å²) < 4.78 is 0.994. The highest BCUT2D eigenvalue weighted by molar-refractivity contribution is 9.10. The van der Waals surface area contributed by atoms with Gasteiger partial charge in [-0.25, -0.2) is 0 Å². The van der Waals surface area contributed by atoms with Crippen LogP contribution in [0.5, 0.6) is 0 Å². The third-order valence-electron chi connectivity index (χ3n) is 5.13. The third-order valence-corrected chi connectivity index (χ3v) is 5.85. The van der Waals surface area contributed by atoms with Gasteiger partial charge in [0.15, 0.2) is 0 Å². The number of halogens is 1. The molecule has 0 bridgehead atoms. The molecular weight excluding hydrogens is 416 g/mol. The molecule has 0 aromatic heterocycles. The Labute approximate surface area is 174 Å². The highest BCUT2D eigenvalue weighted by Gasteiger charge is 2.27. The highest BCUT2D eigenvalue weighted by Crippen LogP contribution is 2.24. The topological polar surface area (TPSA) is 49.4 Å². The molecule has 146 valence electrons. The molecule has 1 aliphatic heterocycles. The first-order valence-electron chi connectivity index (χ1n) is 9.61. The summed E-state index contributed by atoms with van der Waals surface area (Å²) in [6.45, 7) is 3.21. The summed E-state index contributed by atoms with van der Waals surface area (Å²) in [7, 11) is 0. The van der Waals surface area contributed by atoms with E-state index in [1.165, 1.54) is 0 Å². The lowest BCUT2D eigenvalue weighted by molar-refractivity contribution is -0.132. The molecule has 0 radical (unpaired) electrons. The van der Waals surface area contributed by atoms with E-state index in [-0.39, 0.29) is 23.8 Å². The number of piperidine rings is 1. The van der Waals surface area contributed by atoms with Gasteiger partial charge in [0.1, 0.15) is 0 Å². The van der Waals surface area contributed by atoms with E-state index in [2.05, 4.69) is 21.2 Å². The predicted octanol–water partition coefficient (Wildman–Crippen LogP) is 4.58. The van der Waals surface area contributed by atoms with E-state index in [9.17, 15) is 9.59 Å². The number of hydrogen-bond donors (Lipinski definition) is 1. The molecule has 2 aromatic rings. The van der Waals surface area contributed by atoms with Gasteiger partial charge in [-0.15, -0.1) is 0 Å². The quantitative estimate of drug-likeness (QED) is 0.691. The van der Waals surface area contributed by atoms with E-state index in [1.807, 2.05) is 72.5 Å². The van der Waals surface area contributed by atoms with Gasteiger partial charge < -0.3 is 10.2 Å². The Morgan fingerprint density at radius 2 is 1.71 bits per heavy atom. The second kappa shape index (κ2) is 9.69. The molecule has 1 N–H and O–H groups in total. The number of likely N-dealkylation sites (tertiary alicyclic amines) is 1. The SMILES string of the molecule is CC(NC(=O)C1CCN(C(=O)/C=C/c2ccccc2)CC1)c1ccccc1Br. The minimum absolute atomic E-state index is 0.00398. The minimum atomic E-state index is -0.0588. The van der Waals surface area contributed by atoms with Gasteiger partial charge in [0.25, 0.3) is 0 Å². The maximum absolute atomic E-state index is 12.6. The number of carbonyl (C=O) groups excluding carboxylic acids is 2. The lowest BCUT2D eigenvalue weighted by Gasteiger charge is -2.31. The third kappa shape index (κ3) is 5.32. The fourth-order valence-corrected chi connectivity index (χ4v) is 4.06. The van der Waals surface area contributed by atoms with E-state index in [4.69, 9.17) is 0 Å². The van der Waals surface area contributed by atoms with Crippen LogP contribution in [0.2, 0.25) is 0 Å². The van der Waals surface area contributed by atoms with E-state index in [0.717, 1.165) is 15.6 Å². The lowest BCUT2D eigenvalue weighted by Crippen LogP contribution is -2.43. The number of nitrogens with one attached hydrogen (secondary N) is 1. The first-order valence-corrected chi connectivity index (χ1v) is 10.4. The molecule has 2 aromatic carbocycles. The Bertz CT molecular complexity index is 843. The van der Waals surface area contributed by atoms with Crippen molar-refractivity contribution >= 4 is 33.8 Å². The van der Waals surface area contributed by atoms with Crippen LogP contribution in [0.1, 0.15) is 36.9 Å². The zero-order valence-electron chi connectivity index (χ0n) is 16.0. The molecule has 1 fully saturated rings. The van der Waals surface area contributed by atoms with Crippen molar-refractivity contribution in [2.75, 3.05) is 13.1 Å². The van der Waals surface area contributed by atoms with E-state index in [0.29, 0.717) is 25.9 Å². The van der Waals surface area contributed by atoms with Crippen LogP contribution in [0.25, 0.3) is 6.08 Å². The summed E-state index contributed by atoms with van der Waals surface area (Å²) in [4.78, 5) is 26.8. The van der Waals surface area contributed by atoms with Crippen molar-refractivity contribution in [3.05, 3.63) is 76.3 Å². The Hall–Kier alpha value is -2.40. The number of hydrogen-bond acceptors (Lipinski definition) is 2. The number of nitrogens with zero attached hydrogens (tertiary/aromatic N) is 1. The molecule has 0 saturated carbocycles. The molecule has 1 heterocycles. The largest absolute Gasteiger partial charge is 0.349 e. The Kier molecular flexibility index (Phi) is 7.04. The van der Waals surface area contributed by atoms with E-state index in [1.54, 1.807) is 6.08 Å². The second-order valence-electron chi connectivity index (χ2n) is 7.10. The van der Waals surface area contributed by atoms with Gasteiger partial charge in [0, 0.05) is 29.6 Å².